The van der Waals surface area contributed by atoms with Crippen molar-refractivity contribution in [1.82, 2.24) is 20.4 Å². The van der Waals surface area contributed by atoms with Gasteiger partial charge in [0.15, 0.2) is 5.96 Å². The Kier molecular flexibility index (Phi) is 11.2. The lowest BCUT2D eigenvalue weighted by molar-refractivity contribution is 0.0170. The molecule has 0 saturated carbocycles. The summed E-state index contributed by atoms with van der Waals surface area (Å²) in [4.78, 5) is 10.3. The SMILES string of the molecule is CN=C(NCC(c1cccs1)N(C)C)NCC(c1ccc(F)cc1)N1CCOCC1.I. The van der Waals surface area contributed by atoms with Crippen molar-refractivity contribution in [2.45, 2.75) is 12.1 Å². The summed E-state index contributed by atoms with van der Waals surface area (Å²) in [5.41, 5.74) is 1.09. The molecule has 1 saturated heterocycles. The third-order valence-electron chi connectivity index (χ3n) is 5.39. The van der Waals surface area contributed by atoms with Crippen LogP contribution >= 0.6 is 35.3 Å². The Labute approximate surface area is 205 Å². The van der Waals surface area contributed by atoms with Crippen molar-refractivity contribution in [2.75, 3.05) is 60.5 Å². The maximum atomic E-state index is 13.4. The maximum absolute atomic E-state index is 13.4. The molecule has 1 fully saturated rings. The zero-order valence-corrected chi connectivity index (χ0v) is 21.5. The van der Waals surface area contributed by atoms with Crippen molar-refractivity contribution in [3.8, 4) is 0 Å². The van der Waals surface area contributed by atoms with Crippen molar-refractivity contribution >= 4 is 41.3 Å². The molecule has 0 bridgehead atoms. The number of benzene rings is 1. The molecule has 2 heterocycles. The molecule has 3 rings (SSSR count). The Morgan fingerprint density at radius 2 is 1.84 bits per heavy atom. The number of nitrogens with zero attached hydrogens (tertiary/aromatic N) is 3. The van der Waals surface area contributed by atoms with Gasteiger partial charge in [-0.3, -0.25) is 9.89 Å². The lowest BCUT2D eigenvalue weighted by Crippen LogP contribution is -2.47. The van der Waals surface area contributed by atoms with Crippen LogP contribution in [0.2, 0.25) is 0 Å². The summed E-state index contributed by atoms with van der Waals surface area (Å²) in [6.45, 7) is 4.59. The van der Waals surface area contributed by atoms with Gasteiger partial charge in [0.05, 0.1) is 25.3 Å². The molecule has 0 aliphatic carbocycles. The molecule has 1 aromatic heterocycles. The third kappa shape index (κ3) is 7.67. The van der Waals surface area contributed by atoms with E-state index in [0.29, 0.717) is 6.54 Å². The van der Waals surface area contributed by atoms with Crippen LogP contribution in [-0.4, -0.2) is 76.3 Å². The zero-order valence-electron chi connectivity index (χ0n) is 18.4. The second-order valence-corrected chi connectivity index (χ2v) is 8.52. The minimum Gasteiger partial charge on any atom is -0.379 e. The van der Waals surface area contributed by atoms with Gasteiger partial charge in [0, 0.05) is 38.1 Å². The Morgan fingerprint density at radius 1 is 1.16 bits per heavy atom. The Bertz CT molecular complexity index is 782. The van der Waals surface area contributed by atoms with Crippen molar-refractivity contribution in [2.24, 2.45) is 4.99 Å². The Morgan fingerprint density at radius 3 is 2.42 bits per heavy atom. The zero-order chi connectivity index (χ0) is 21.3. The first-order valence-electron chi connectivity index (χ1n) is 10.3. The first-order valence-corrected chi connectivity index (χ1v) is 11.2. The molecular weight excluding hydrogens is 528 g/mol. The van der Waals surface area contributed by atoms with Crippen LogP contribution in [-0.2, 0) is 4.74 Å². The molecule has 6 nitrogen and oxygen atoms in total. The summed E-state index contributed by atoms with van der Waals surface area (Å²) in [5, 5.41) is 9.03. The predicted molar refractivity (Wildman–Crippen MR) is 137 cm³/mol. The normalized spacial score (nSPS) is 17.1. The molecule has 0 amide bonds. The molecule has 2 unspecified atom stereocenters. The van der Waals surface area contributed by atoms with Gasteiger partial charge in [0.25, 0.3) is 0 Å². The van der Waals surface area contributed by atoms with Gasteiger partial charge in [-0.25, -0.2) is 4.39 Å². The summed E-state index contributed by atoms with van der Waals surface area (Å²) in [6, 6.07) is 11.4. The number of thiophene rings is 1. The average Bonchev–Trinajstić information content (AvgIpc) is 3.28. The quantitative estimate of drug-likeness (QED) is 0.294. The van der Waals surface area contributed by atoms with Gasteiger partial charge in [-0.1, -0.05) is 18.2 Å². The Hall–Kier alpha value is -1.27. The molecule has 0 radical (unpaired) electrons. The predicted octanol–water partition coefficient (Wildman–Crippen LogP) is 3.35. The van der Waals surface area contributed by atoms with Crippen molar-refractivity contribution in [3.63, 3.8) is 0 Å². The van der Waals surface area contributed by atoms with E-state index in [0.717, 1.165) is 44.4 Å². The molecule has 2 atom stereocenters. The van der Waals surface area contributed by atoms with E-state index in [1.807, 2.05) is 12.1 Å². The molecule has 31 heavy (non-hydrogen) atoms. The van der Waals surface area contributed by atoms with Gasteiger partial charge in [-0.15, -0.1) is 35.3 Å². The summed E-state index contributed by atoms with van der Waals surface area (Å²) < 4.78 is 18.9. The van der Waals surface area contributed by atoms with Gasteiger partial charge in [-0.05, 0) is 43.2 Å². The van der Waals surface area contributed by atoms with Crippen LogP contribution < -0.4 is 10.6 Å². The molecule has 2 N–H and O–H groups in total. The minimum absolute atomic E-state index is 0. The largest absolute Gasteiger partial charge is 0.379 e. The smallest absolute Gasteiger partial charge is 0.191 e. The summed E-state index contributed by atoms with van der Waals surface area (Å²) in [6.07, 6.45) is 0. The summed E-state index contributed by atoms with van der Waals surface area (Å²) in [7, 11) is 5.96. The third-order valence-corrected chi connectivity index (χ3v) is 6.36. The van der Waals surface area contributed by atoms with Crippen LogP contribution in [0.5, 0.6) is 0 Å². The molecule has 1 aromatic carbocycles. The van der Waals surface area contributed by atoms with E-state index in [4.69, 9.17) is 4.74 Å². The highest BCUT2D eigenvalue weighted by Gasteiger charge is 2.23. The van der Waals surface area contributed by atoms with Gasteiger partial charge < -0.3 is 20.3 Å². The van der Waals surface area contributed by atoms with Gasteiger partial charge in [0.1, 0.15) is 5.82 Å². The highest BCUT2D eigenvalue weighted by Crippen LogP contribution is 2.23. The van der Waals surface area contributed by atoms with E-state index in [9.17, 15) is 4.39 Å². The first-order chi connectivity index (χ1) is 14.6. The molecule has 9 heteroatoms. The highest BCUT2D eigenvalue weighted by molar-refractivity contribution is 14.0. The van der Waals surface area contributed by atoms with Crippen LogP contribution in [0.1, 0.15) is 22.5 Å². The van der Waals surface area contributed by atoms with E-state index in [2.05, 4.69) is 57.0 Å². The lowest BCUT2D eigenvalue weighted by atomic mass is 10.0. The second-order valence-electron chi connectivity index (χ2n) is 7.54. The van der Waals surface area contributed by atoms with Gasteiger partial charge >= 0.3 is 0 Å². The van der Waals surface area contributed by atoms with Crippen molar-refractivity contribution in [3.05, 3.63) is 58.0 Å². The highest BCUT2D eigenvalue weighted by atomic mass is 127. The lowest BCUT2D eigenvalue weighted by Gasteiger charge is -2.35. The van der Waals surface area contributed by atoms with Crippen LogP contribution in [0.4, 0.5) is 4.39 Å². The van der Waals surface area contributed by atoms with Crippen LogP contribution in [0.25, 0.3) is 0 Å². The second kappa shape index (κ2) is 13.3. The fourth-order valence-electron chi connectivity index (χ4n) is 3.66. The number of aliphatic imine (C=N–C) groups is 1. The number of guanidine groups is 1. The van der Waals surface area contributed by atoms with E-state index >= 15 is 0 Å². The van der Waals surface area contributed by atoms with E-state index < -0.39 is 0 Å². The van der Waals surface area contributed by atoms with E-state index in [1.165, 1.54) is 17.0 Å². The molecule has 172 valence electrons. The minimum atomic E-state index is -0.215. The van der Waals surface area contributed by atoms with Gasteiger partial charge in [-0.2, -0.15) is 0 Å². The van der Waals surface area contributed by atoms with Crippen LogP contribution in [0.15, 0.2) is 46.8 Å². The number of morpholine rings is 1. The monoisotopic (exact) mass is 561 g/mol. The molecule has 2 aromatic rings. The Balaban J connectivity index is 0.00000341. The fourth-order valence-corrected chi connectivity index (χ4v) is 4.58. The number of hydrogen-bond donors (Lipinski definition) is 2. The van der Waals surface area contributed by atoms with Crippen molar-refractivity contribution < 1.29 is 9.13 Å². The number of nitrogens with one attached hydrogen (secondary N) is 2. The topological polar surface area (TPSA) is 52.1 Å². The standard InChI is InChI=1S/C22H32FN5OS.HI/c1-24-22(26-16-20(27(2)3)21-5-4-14-30-21)25-15-19(28-10-12-29-13-11-28)17-6-8-18(23)9-7-17;/h4-9,14,19-20H,10-13,15-16H2,1-3H3,(H2,24,25,26);1H. The van der Waals surface area contributed by atoms with Crippen LogP contribution in [0, 0.1) is 5.82 Å². The average molecular weight is 562 g/mol. The fraction of sp³-hybridized carbons (Fsp3) is 0.500. The first kappa shape index (κ1) is 26.0. The molecule has 0 spiro atoms. The van der Waals surface area contributed by atoms with Gasteiger partial charge in [0.2, 0.25) is 0 Å². The molecular formula is C22H33FIN5OS. The molecule has 1 aliphatic rings. The molecule has 1 aliphatic heterocycles. The number of likely N-dealkylation sites (N-methyl/N-ethyl adjacent to an activating group) is 1. The number of ether oxygens (including phenoxy) is 1. The summed E-state index contributed by atoms with van der Waals surface area (Å²) in [5.74, 6) is 0.548. The van der Waals surface area contributed by atoms with Crippen LogP contribution in [0.3, 0.4) is 0 Å². The summed E-state index contributed by atoms with van der Waals surface area (Å²) >= 11 is 1.76. The number of rotatable bonds is 8. The number of halogens is 2. The van der Waals surface area contributed by atoms with Crippen molar-refractivity contribution in [1.29, 1.82) is 0 Å². The number of hydrogen-bond acceptors (Lipinski definition) is 5. The van der Waals surface area contributed by atoms with E-state index in [-0.39, 0.29) is 41.9 Å². The van der Waals surface area contributed by atoms with E-state index in [1.54, 1.807) is 18.4 Å². The maximum Gasteiger partial charge on any atom is 0.191 e.